The molecule has 0 spiro atoms. The minimum atomic E-state index is 0.871. The molecular formula is C12H18N6. The molecular weight excluding hydrogens is 228 g/mol. The van der Waals surface area contributed by atoms with E-state index in [1.165, 1.54) is 0 Å². The maximum Gasteiger partial charge on any atom is 0.230 e. The fourth-order valence-corrected chi connectivity index (χ4v) is 2.40. The van der Waals surface area contributed by atoms with Crippen LogP contribution in [0.1, 0.15) is 12.6 Å². The molecule has 1 saturated heterocycles. The van der Waals surface area contributed by atoms with E-state index in [2.05, 4.69) is 31.8 Å². The smallest absolute Gasteiger partial charge is 0.230 e. The highest BCUT2D eigenvalue weighted by atomic mass is 15.4. The van der Waals surface area contributed by atoms with Crippen molar-refractivity contribution in [3.63, 3.8) is 0 Å². The normalized spacial score (nSPS) is 17.6. The lowest BCUT2D eigenvalue weighted by Gasteiger charge is -2.34. The molecule has 0 saturated carbocycles. The summed E-state index contributed by atoms with van der Waals surface area (Å²) in [5.41, 5.74) is 1.85. The standard InChI is InChI=1S/C12H18N6/c1-3-16-4-6-17(7-5-16)12-14-9-13-11-8-10(2)15-18(11)12/h8-9H,3-7H2,1-2H3. The number of aromatic nitrogens is 4. The molecule has 96 valence electrons. The Morgan fingerprint density at radius 1 is 1.17 bits per heavy atom. The third-order valence-electron chi connectivity index (χ3n) is 3.47. The zero-order chi connectivity index (χ0) is 12.5. The Kier molecular flexibility index (Phi) is 2.87. The molecule has 1 aliphatic rings. The molecule has 0 bridgehead atoms. The highest BCUT2D eigenvalue weighted by Gasteiger charge is 2.19. The summed E-state index contributed by atoms with van der Waals surface area (Å²) in [4.78, 5) is 13.4. The number of aryl methyl sites for hydroxylation is 1. The first-order valence-corrected chi connectivity index (χ1v) is 6.42. The first-order chi connectivity index (χ1) is 8.78. The molecule has 0 amide bonds. The lowest BCUT2D eigenvalue weighted by Crippen LogP contribution is -2.47. The van der Waals surface area contributed by atoms with Gasteiger partial charge in [-0.25, -0.2) is 9.97 Å². The van der Waals surface area contributed by atoms with Crippen molar-refractivity contribution in [1.82, 2.24) is 24.5 Å². The van der Waals surface area contributed by atoms with E-state index in [1.54, 1.807) is 6.33 Å². The van der Waals surface area contributed by atoms with Gasteiger partial charge in [0, 0.05) is 32.2 Å². The summed E-state index contributed by atoms with van der Waals surface area (Å²) in [5, 5.41) is 4.46. The zero-order valence-corrected chi connectivity index (χ0v) is 10.9. The van der Waals surface area contributed by atoms with Gasteiger partial charge in [0.15, 0.2) is 5.65 Å². The van der Waals surface area contributed by atoms with E-state index in [9.17, 15) is 0 Å². The number of hydrogen-bond donors (Lipinski definition) is 0. The predicted molar refractivity (Wildman–Crippen MR) is 69.8 cm³/mol. The molecule has 1 aliphatic heterocycles. The summed E-state index contributed by atoms with van der Waals surface area (Å²) in [7, 11) is 0. The second kappa shape index (κ2) is 4.53. The number of rotatable bonds is 2. The average molecular weight is 246 g/mol. The minimum absolute atomic E-state index is 0.871. The summed E-state index contributed by atoms with van der Waals surface area (Å²) >= 11 is 0. The van der Waals surface area contributed by atoms with Gasteiger partial charge in [0.2, 0.25) is 5.95 Å². The van der Waals surface area contributed by atoms with Crippen molar-refractivity contribution in [2.45, 2.75) is 13.8 Å². The molecule has 0 unspecified atom stereocenters. The number of piperazine rings is 1. The van der Waals surface area contributed by atoms with Gasteiger partial charge in [-0.1, -0.05) is 6.92 Å². The summed E-state index contributed by atoms with van der Waals surface area (Å²) in [6, 6.07) is 1.98. The molecule has 6 nitrogen and oxygen atoms in total. The van der Waals surface area contributed by atoms with Gasteiger partial charge in [-0.2, -0.15) is 9.61 Å². The number of fused-ring (bicyclic) bond motifs is 1. The van der Waals surface area contributed by atoms with E-state index in [0.29, 0.717) is 0 Å². The maximum atomic E-state index is 4.46. The predicted octanol–water partition coefficient (Wildman–Crippen LogP) is 0.575. The van der Waals surface area contributed by atoms with Gasteiger partial charge >= 0.3 is 0 Å². The van der Waals surface area contributed by atoms with E-state index in [0.717, 1.165) is 50.0 Å². The van der Waals surface area contributed by atoms with Crippen molar-refractivity contribution >= 4 is 11.6 Å². The Hall–Kier alpha value is -1.69. The molecule has 2 aromatic rings. The Labute approximate surface area is 106 Å². The van der Waals surface area contributed by atoms with Gasteiger partial charge in [0.25, 0.3) is 0 Å². The van der Waals surface area contributed by atoms with Crippen LogP contribution in [0.25, 0.3) is 5.65 Å². The molecule has 6 heteroatoms. The Morgan fingerprint density at radius 2 is 1.94 bits per heavy atom. The van der Waals surface area contributed by atoms with E-state index >= 15 is 0 Å². The topological polar surface area (TPSA) is 49.6 Å². The van der Waals surface area contributed by atoms with Crippen molar-refractivity contribution in [3.05, 3.63) is 18.1 Å². The van der Waals surface area contributed by atoms with Crippen LogP contribution in [0.3, 0.4) is 0 Å². The zero-order valence-electron chi connectivity index (χ0n) is 10.9. The van der Waals surface area contributed by atoms with Crippen LogP contribution in [0.4, 0.5) is 5.95 Å². The van der Waals surface area contributed by atoms with Crippen LogP contribution in [-0.2, 0) is 0 Å². The van der Waals surface area contributed by atoms with Crippen molar-refractivity contribution in [1.29, 1.82) is 0 Å². The second-order valence-corrected chi connectivity index (χ2v) is 4.65. The Morgan fingerprint density at radius 3 is 2.67 bits per heavy atom. The van der Waals surface area contributed by atoms with Crippen LogP contribution in [0.5, 0.6) is 0 Å². The van der Waals surface area contributed by atoms with Crippen LogP contribution >= 0.6 is 0 Å². The molecule has 18 heavy (non-hydrogen) atoms. The number of nitrogens with zero attached hydrogens (tertiary/aromatic N) is 6. The highest BCUT2D eigenvalue weighted by molar-refractivity contribution is 5.45. The summed E-state index contributed by atoms with van der Waals surface area (Å²) in [6.45, 7) is 9.47. The van der Waals surface area contributed by atoms with Crippen molar-refractivity contribution in [2.75, 3.05) is 37.6 Å². The molecule has 2 aromatic heterocycles. The molecule has 0 aliphatic carbocycles. The summed E-state index contributed by atoms with van der Waals surface area (Å²) in [6.07, 6.45) is 1.62. The first kappa shape index (κ1) is 11.4. The third kappa shape index (κ3) is 1.92. The third-order valence-corrected chi connectivity index (χ3v) is 3.47. The van der Waals surface area contributed by atoms with Crippen LogP contribution in [0.2, 0.25) is 0 Å². The Bertz CT molecular complexity index is 540. The van der Waals surface area contributed by atoms with Gasteiger partial charge in [-0.3, -0.25) is 0 Å². The fourth-order valence-electron chi connectivity index (χ4n) is 2.40. The van der Waals surface area contributed by atoms with Crippen molar-refractivity contribution in [2.24, 2.45) is 0 Å². The summed E-state index contributed by atoms with van der Waals surface area (Å²) in [5.74, 6) is 0.906. The largest absolute Gasteiger partial charge is 0.338 e. The average Bonchev–Trinajstić information content (AvgIpc) is 2.79. The SMILES string of the molecule is CCN1CCN(c2ncnc3cc(C)nn23)CC1. The van der Waals surface area contributed by atoms with Crippen LogP contribution in [0, 0.1) is 6.92 Å². The molecule has 0 N–H and O–H groups in total. The van der Waals surface area contributed by atoms with E-state index in [4.69, 9.17) is 0 Å². The molecule has 3 heterocycles. The second-order valence-electron chi connectivity index (χ2n) is 4.65. The van der Waals surface area contributed by atoms with Gasteiger partial charge in [-0.15, -0.1) is 0 Å². The number of hydrogen-bond acceptors (Lipinski definition) is 5. The van der Waals surface area contributed by atoms with Crippen molar-refractivity contribution in [3.8, 4) is 0 Å². The number of anilines is 1. The lowest BCUT2D eigenvalue weighted by atomic mass is 10.3. The maximum absolute atomic E-state index is 4.46. The van der Waals surface area contributed by atoms with E-state index in [-0.39, 0.29) is 0 Å². The van der Waals surface area contributed by atoms with Gasteiger partial charge in [0.05, 0.1) is 5.69 Å². The quantitative estimate of drug-likeness (QED) is 0.775. The first-order valence-electron chi connectivity index (χ1n) is 6.42. The van der Waals surface area contributed by atoms with Crippen LogP contribution in [0.15, 0.2) is 12.4 Å². The molecule has 0 atom stereocenters. The fraction of sp³-hybridized carbons (Fsp3) is 0.583. The van der Waals surface area contributed by atoms with Gasteiger partial charge in [0.1, 0.15) is 6.33 Å². The van der Waals surface area contributed by atoms with Crippen LogP contribution in [-0.4, -0.2) is 57.2 Å². The van der Waals surface area contributed by atoms with E-state index in [1.807, 2.05) is 17.5 Å². The minimum Gasteiger partial charge on any atom is -0.338 e. The molecule has 0 aromatic carbocycles. The summed E-state index contributed by atoms with van der Waals surface area (Å²) < 4.78 is 1.84. The molecule has 3 rings (SSSR count). The highest BCUT2D eigenvalue weighted by Crippen LogP contribution is 2.14. The van der Waals surface area contributed by atoms with Gasteiger partial charge < -0.3 is 9.80 Å². The lowest BCUT2D eigenvalue weighted by molar-refractivity contribution is 0.269. The van der Waals surface area contributed by atoms with Crippen LogP contribution < -0.4 is 4.90 Å². The molecule has 1 fully saturated rings. The van der Waals surface area contributed by atoms with Gasteiger partial charge in [-0.05, 0) is 13.5 Å². The Balaban J connectivity index is 1.90. The molecule has 0 radical (unpaired) electrons. The monoisotopic (exact) mass is 246 g/mol. The van der Waals surface area contributed by atoms with E-state index < -0.39 is 0 Å². The van der Waals surface area contributed by atoms with Crippen molar-refractivity contribution < 1.29 is 0 Å². The number of likely N-dealkylation sites (N-methyl/N-ethyl adjacent to an activating group) is 1.